The van der Waals surface area contributed by atoms with Gasteiger partial charge in [0.2, 0.25) is 6.71 Å². The van der Waals surface area contributed by atoms with Crippen LogP contribution in [0.1, 0.15) is 0 Å². The lowest BCUT2D eigenvalue weighted by Gasteiger charge is -2.29. The Morgan fingerprint density at radius 1 is 0.500 bits per heavy atom. The van der Waals surface area contributed by atoms with Gasteiger partial charge in [0.1, 0.15) is 0 Å². The van der Waals surface area contributed by atoms with Crippen LogP contribution in [-0.4, -0.2) is 11.3 Å². The Hall–Kier alpha value is -4.04. The number of nitrogens with zero attached hydrogens (tertiary/aromatic N) is 1. The van der Waals surface area contributed by atoms with E-state index in [1.165, 1.54) is 55.0 Å². The normalized spacial score (nSPS) is 12.3. The number of para-hydroxylation sites is 3. The van der Waals surface area contributed by atoms with Crippen LogP contribution >= 0.6 is 0 Å². The van der Waals surface area contributed by atoms with Crippen LogP contribution in [0.3, 0.4) is 0 Å². The number of hydrogen-bond donors (Lipinski definition) is 0. The summed E-state index contributed by atoms with van der Waals surface area (Å²) in [5.41, 5.74) is 10.5. The molecule has 6 aromatic rings. The van der Waals surface area contributed by atoms with Crippen molar-refractivity contribution in [1.82, 2.24) is 4.57 Å². The van der Waals surface area contributed by atoms with Gasteiger partial charge in [-0.05, 0) is 22.6 Å². The average molecular weight is 405 g/mol. The fourth-order valence-electron chi connectivity index (χ4n) is 5.58. The highest BCUT2D eigenvalue weighted by molar-refractivity contribution is 6.98. The van der Waals surface area contributed by atoms with Crippen molar-refractivity contribution >= 4 is 44.9 Å². The van der Waals surface area contributed by atoms with Gasteiger partial charge < -0.3 is 4.57 Å². The Kier molecular flexibility index (Phi) is 3.71. The molecule has 0 saturated heterocycles. The summed E-state index contributed by atoms with van der Waals surface area (Å²) in [6.45, 7) is 0.204. The van der Waals surface area contributed by atoms with Gasteiger partial charge in [-0.2, -0.15) is 0 Å². The Bertz CT molecular complexity index is 1610. The molecule has 0 atom stereocenters. The molecule has 0 radical (unpaired) electrons. The standard InChI is InChI=1S/C30H20BN/c1-3-11-21(12-4-1)23-16-9-18-26-29(23)32-28-20-8-7-15-24(28)25-17-10-19-27(30(25)32)31(26)22-13-5-2-6-14-22/h1-20H. The lowest BCUT2D eigenvalue weighted by atomic mass is 9.35. The first-order chi connectivity index (χ1) is 15.9. The summed E-state index contributed by atoms with van der Waals surface area (Å²) >= 11 is 0. The Labute approximate surface area is 187 Å². The minimum Gasteiger partial charge on any atom is -0.310 e. The highest BCUT2D eigenvalue weighted by Crippen LogP contribution is 2.36. The minimum atomic E-state index is 0.204. The molecule has 1 nitrogen and oxygen atoms in total. The summed E-state index contributed by atoms with van der Waals surface area (Å²) in [6, 6.07) is 44.1. The van der Waals surface area contributed by atoms with E-state index >= 15 is 0 Å². The molecule has 0 bridgehead atoms. The average Bonchev–Trinajstić information content (AvgIpc) is 3.21. The molecule has 148 valence electrons. The van der Waals surface area contributed by atoms with Crippen LogP contribution in [0, 0.1) is 0 Å². The van der Waals surface area contributed by atoms with E-state index in [2.05, 4.69) is 126 Å². The van der Waals surface area contributed by atoms with Crippen molar-refractivity contribution in [3.05, 3.63) is 121 Å². The fraction of sp³-hybridized carbons (Fsp3) is 0. The Morgan fingerprint density at radius 3 is 2.00 bits per heavy atom. The van der Waals surface area contributed by atoms with Crippen LogP contribution in [0.4, 0.5) is 0 Å². The monoisotopic (exact) mass is 405 g/mol. The molecule has 0 fully saturated rings. The summed E-state index contributed by atoms with van der Waals surface area (Å²) in [6.07, 6.45) is 0. The zero-order chi connectivity index (χ0) is 21.1. The molecule has 2 heteroatoms. The molecule has 0 N–H and O–H groups in total. The molecular weight excluding hydrogens is 385 g/mol. The minimum absolute atomic E-state index is 0.204. The summed E-state index contributed by atoms with van der Waals surface area (Å²) in [5, 5.41) is 2.64. The van der Waals surface area contributed by atoms with Gasteiger partial charge in [-0.3, -0.25) is 0 Å². The molecule has 0 spiro atoms. The summed E-state index contributed by atoms with van der Waals surface area (Å²) < 4.78 is 2.51. The smallest absolute Gasteiger partial charge is 0.246 e. The summed E-state index contributed by atoms with van der Waals surface area (Å²) in [4.78, 5) is 0. The summed E-state index contributed by atoms with van der Waals surface area (Å²) in [5.74, 6) is 0. The van der Waals surface area contributed by atoms with Crippen LogP contribution in [0.2, 0.25) is 0 Å². The van der Waals surface area contributed by atoms with Gasteiger partial charge in [-0.1, -0.05) is 121 Å². The number of aromatic nitrogens is 1. The first-order valence-electron chi connectivity index (χ1n) is 11.2. The van der Waals surface area contributed by atoms with Gasteiger partial charge >= 0.3 is 0 Å². The van der Waals surface area contributed by atoms with E-state index in [0.717, 1.165) is 0 Å². The van der Waals surface area contributed by atoms with E-state index in [4.69, 9.17) is 0 Å². The van der Waals surface area contributed by atoms with Crippen molar-refractivity contribution in [3.63, 3.8) is 0 Å². The molecule has 2 heterocycles. The molecule has 0 unspecified atom stereocenters. The molecule has 5 aromatic carbocycles. The first-order valence-corrected chi connectivity index (χ1v) is 11.2. The molecule has 0 aliphatic carbocycles. The highest BCUT2D eigenvalue weighted by atomic mass is 15.0. The molecule has 7 rings (SSSR count). The van der Waals surface area contributed by atoms with E-state index in [1.807, 2.05) is 0 Å². The lowest BCUT2D eigenvalue weighted by molar-refractivity contribution is 1.19. The predicted octanol–water partition coefficient (Wildman–Crippen LogP) is 5.28. The van der Waals surface area contributed by atoms with Crippen LogP contribution in [0.25, 0.3) is 38.6 Å². The maximum atomic E-state index is 2.51. The maximum Gasteiger partial charge on any atom is 0.246 e. The van der Waals surface area contributed by atoms with Gasteiger partial charge in [0.25, 0.3) is 0 Å². The quantitative estimate of drug-likeness (QED) is 0.345. The van der Waals surface area contributed by atoms with Crippen molar-refractivity contribution in [2.75, 3.05) is 0 Å². The molecule has 0 amide bonds. The van der Waals surface area contributed by atoms with Crippen LogP contribution in [0.15, 0.2) is 121 Å². The van der Waals surface area contributed by atoms with Crippen molar-refractivity contribution < 1.29 is 0 Å². The molecule has 1 aliphatic heterocycles. The van der Waals surface area contributed by atoms with Crippen LogP contribution in [0.5, 0.6) is 0 Å². The van der Waals surface area contributed by atoms with Gasteiger partial charge in [-0.15, -0.1) is 0 Å². The van der Waals surface area contributed by atoms with Gasteiger partial charge in [0.15, 0.2) is 0 Å². The maximum absolute atomic E-state index is 2.51. The third-order valence-corrected chi connectivity index (χ3v) is 6.86. The third-order valence-electron chi connectivity index (χ3n) is 6.86. The highest BCUT2D eigenvalue weighted by Gasteiger charge is 2.34. The van der Waals surface area contributed by atoms with Crippen molar-refractivity contribution in [2.24, 2.45) is 0 Å². The Balaban J connectivity index is 1.70. The largest absolute Gasteiger partial charge is 0.310 e. The predicted molar refractivity (Wildman–Crippen MR) is 137 cm³/mol. The number of benzene rings is 5. The molecule has 1 aromatic heterocycles. The lowest BCUT2D eigenvalue weighted by Crippen LogP contribution is -2.56. The van der Waals surface area contributed by atoms with E-state index in [-0.39, 0.29) is 6.71 Å². The van der Waals surface area contributed by atoms with E-state index < -0.39 is 0 Å². The fourth-order valence-corrected chi connectivity index (χ4v) is 5.58. The number of rotatable bonds is 2. The zero-order valence-electron chi connectivity index (χ0n) is 17.6. The number of hydrogen-bond acceptors (Lipinski definition) is 0. The molecular formula is C30H20BN. The first kappa shape index (κ1) is 17.6. The second kappa shape index (κ2) is 6.73. The SMILES string of the molecule is c1ccc(B2c3cccc(-c4ccccc4)c3-n3c4ccccc4c4cccc2c43)cc1. The van der Waals surface area contributed by atoms with E-state index in [0.29, 0.717) is 0 Å². The van der Waals surface area contributed by atoms with Gasteiger partial charge in [-0.25, -0.2) is 0 Å². The van der Waals surface area contributed by atoms with Gasteiger partial charge in [0.05, 0.1) is 5.52 Å². The van der Waals surface area contributed by atoms with E-state index in [1.54, 1.807) is 0 Å². The molecule has 0 saturated carbocycles. The van der Waals surface area contributed by atoms with Crippen molar-refractivity contribution in [2.45, 2.75) is 0 Å². The molecule has 1 aliphatic rings. The van der Waals surface area contributed by atoms with Crippen LogP contribution in [-0.2, 0) is 0 Å². The second-order valence-corrected chi connectivity index (χ2v) is 8.55. The second-order valence-electron chi connectivity index (χ2n) is 8.55. The third kappa shape index (κ3) is 2.35. The number of fused-ring (bicyclic) bond motifs is 5. The van der Waals surface area contributed by atoms with Crippen molar-refractivity contribution in [1.29, 1.82) is 0 Å². The Morgan fingerprint density at radius 2 is 1.16 bits per heavy atom. The molecule has 32 heavy (non-hydrogen) atoms. The van der Waals surface area contributed by atoms with Gasteiger partial charge in [0, 0.05) is 27.5 Å². The summed E-state index contributed by atoms with van der Waals surface area (Å²) in [7, 11) is 0. The van der Waals surface area contributed by atoms with E-state index in [9.17, 15) is 0 Å². The van der Waals surface area contributed by atoms with Crippen LogP contribution < -0.4 is 16.4 Å². The zero-order valence-corrected chi connectivity index (χ0v) is 17.6. The topological polar surface area (TPSA) is 4.93 Å². The van der Waals surface area contributed by atoms with Crippen molar-refractivity contribution in [3.8, 4) is 16.8 Å².